The molecule has 0 heterocycles. The van der Waals surface area contributed by atoms with Crippen LogP contribution in [-0.2, 0) is 16.1 Å². The highest BCUT2D eigenvalue weighted by atomic mass is 16.5. The third-order valence-electron chi connectivity index (χ3n) is 2.59. The number of benzene rings is 1. The molecule has 0 aromatic heterocycles. The summed E-state index contributed by atoms with van der Waals surface area (Å²) in [6, 6.07) is 10.0. The molecule has 1 atom stereocenters. The zero-order valence-corrected chi connectivity index (χ0v) is 11.3. The average Bonchev–Trinajstić information content (AvgIpc) is 2.45. The fourth-order valence-corrected chi connectivity index (χ4v) is 1.61. The van der Waals surface area contributed by atoms with E-state index in [1.807, 2.05) is 49.4 Å². The molecule has 0 aliphatic rings. The first-order valence-corrected chi connectivity index (χ1v) is 6.50. The molecule has 4 nitrogen and oxygen atoms in total. The van der Waals surface area contributed by atoms with Crippen LogP contribution in [0.1, 0.15) is 18.9 Å². The van der Waals surface area contributed by atoms with E-state index in [-0.39, 0.29) is 12.6 Å². The Hall–Kier alpha value is -1.52. The minimum Gasteiger partial charge on any atom is -0.374 e. The van der Waals surface area contributed by atoms with Crippen LogP contribution in [0.2, 0.25) is 0 Å². The lowest BCUT2D eigenvalue weighted by Crippen LogP contribution is -2.20. The fraction of sp³-hybridized carbons (Fsp3) is 0.467. The molecule has 0 saturated carbocycles. The molecule has 0 radical (unpaired) electrons. The Balaban J connectivity index is 2.28. The van der Waals surface area contributed by atoms with Crippen LogP contribution >= 0.6 is 0 Å². The van der Waals surface area contributed by atoms with Gasteiger partial charge < -0.3 is 9.47 Å². The van der Waals surface area contributed by atoms with Crippen LogP contribution in [0.25, 0.3) is 0 Å². The van der Waals surface area contributed by atoms with Crippen LogP contribution < -0.4 is 0 Å². The van der Waals surface area contributed by atoms with Crippen molar-refractivity contribution in [2.24, 2.45) is 5.18 Å². The number of hydrogen-bond donors (Lipinski definition) is 0. The summed E-state index contributed by atoms with van der Waals surface area (Å²) in [5.41, 5.74) is 1.14. The zero-order valence-electron chi connectivity index (χ0n) is 11.3. The second-order valence-corrected chi connectivity index (χ2v) is 4.15. The van der Waals surface area contributed by atoms with E-state index in [2.05, 4.69) is 5.18 Å². The Labute approximate surface area is 114 Å². The molecule has 1 aromatic carbocycles. The van der Waals surface area contributed by atoms with E-state index in [0.717, 1.165) is 12.0 Å². The third-order valence-corrected chi connectivity index (χ3v) is 2.59. The van der Waals surface area contributed by atoms with Gasteiger partial charge >= 0.3 is 0 Å². The van der Waals surface area contributed by atoms with Crippen molar-refractivity contribution in [2.75, 3.05) is 19.8 Å². The van der Waals surface area contributed by atoms with Crippen molar-refractivity contribution in [1.29, 1.82) is 0 Å². The first kappa shape index (κ1) is 15.5. The first-order valence-electron chi connectivity index (χ1n) is 6.50. The predicted octanol–water partition coefficient (Wildman–Crippen LogP) is 3.32. The normalized spacial score (nSPS) is 12.7. The summed E-state index contributed by atoms with van der Waals surface area (Å²) in [6.45, 7) is 3.58. The van der Waals surface area contributed by atoms with Crippen molar-refractivity contribution in [2.45, 2.75) is 26.1 Å². The second kappa shape index (κ2) is 10.4. The molecule has 0 N–H and O–H groups in total. The van der Waals surface area contributed by atoms with Crippen molar-refractivity contribution in [3.8, 4) is 0 Å². The Bertz CT molecular complexity index is 365. The maximum Gasteiger partial charge on any atom is 0.104 e. The molecule has 0 fully saturated rings. The third kappa shape index (κ3) is 7.49. The minimum atomic E-state index is -0.0262. The van der Waals surface area contributed by atoms with Gasteiger partial charge in [0.05, 0.1) is 25.9 Å². The fourth-order valence-electron chi connectivity index (χ4n) is 1.61. The van der Waals surface area contributed by atoms with E-state index in [1.54, 1.807) is 0 Å². The van der Waals surface area contributed by atoms with Gasteiger partial charge in [-0.1, -0.05) is 47.7 Å². The zero-order chi connectivity index (χ0) is 13.8. The smallest absolute Gasteiger partial charge is 0.104 e. The molecule has 0 aliphatic heterocycles. The maximum atomic E-state index is 10.0. The van der Waals surface area contributed by atoms with E-state index in [9.17, 15) is 4.91 Å². The molecule has 0 unspecified atom stereocenters. The van der Waals surface area contributed by atoms with Crippen molar-refractivity contribution in [3.05, 3.63) is 53.0 Å². The van der Waals surface area contributed by atoms with E-state index in [4.69, 9.17) is 9.47 Å². The number of ether oxygens (including phenoxy) is 2. The van der Waals surface area contributed by atoms with E-state index in [0.29, 0.717) is 19.8 Å². The summed E-state index contributed by atoms with van der Waals surface area (Å²) in [7, 11) is 0. The van der Waals surface area contributed by atoms with Crippen LogP contribution in [0.15, 0.2) is 47.7 Å². The Kier molecular flexibility index (Phi) is 8.51. The van der Waals surface area contributed by atoms with Crippen molar-refractivity contribution in [1.82, 2.24) is 0 Å². The molecule has 4 heteroatoms. The van der Waals surface area contributed by atoms with Gasteiger partial charge in [0.2, 0.25) is 0 Å². The molecule has 0 saturated heterocycles. The highest BCUT2D eigenvalue weighted by Crippen LogP contribution is 2.05. The molecule has 0 spiro atoms. The molecular weight excluding hydrogens is 242 g/mol. The lowest BCUT2D eigenvalue weighted by molar-refractivity contribution is -0.0170. The van der Waals surface area contributed by atoms with Gasteiger partial charge in [0.1, 0.15) is 6.54 Å². The molecule has 0 amide bonds. The van der Waals surface area contributed by atoms with Crippen molar-refractivity contribution in [3.63, 3.8) is 0 Å². The van der Waals surface area contributed by atoms with Crippen LogP contribution in [-0.4, -0.2) is 25.9 Å². The van der Waals surface area contributed by atoms with E-state index >= 15 is 0 Å². The van der Waals surface area contributed by atoms with Gasteiger partial charge in [0.25, 0.3) is 0 Å². The number of rotatable bonds is 10. The molecule has 0 bridgehead atoms. The van der Waals surface area contributed by atoms with Crippen molar-refractivity contribution < 1.29 is 9.47 Å². The van der Waals surface area contributed by atoms with Gasteiger partial charge in [-0.25, -0.2) is 0 Å². The standard InChI is InChI=1S/C15H21NO3/c1-2-3-9-15(19-11-10-16-17)13-18-12-14-7-5-4-6-8-14/h2-8,15H,9-13H2,1H3/t15-/m1/s1. The van der Waals surface area contributed by atoms with E-state index in [1.165, 1.54) is 0 Å². The van der Waals surface area contributed by atoms with Gasteiger partial charge in [-0.05, 0) is 18.9 Å². The topological polar surface area (TPSA) is 47.9 Å². The first-order chi connectivity index (χ1) is 9.36. The molecule has 1 rings (SSSR count). The summed E-state index contributed by atoms with van der Waals surface area (Å²) in [5, 5.41) is 2.78. The van der Waals surface area contributed by atoms with Crippen LogP contribution in [0.4, 0.5) is 0 Å². The number of nitroso groups, excluding NO2 is 1. The van der Waals surface area contributed by atoms with Crippen molar-refractivity contribution >= 4 is 0 Å². The highest BCUT2D eigenvalue weighted by Gasteiger charge is 2.07. The number of allylic oxidation sites excluding steroid dienone is 1. The molecule has 104 valence electrons. The Morgan fingerprint density at radius 2 is 2.11 bits per heavy atom. The largest absolute Gasteiger partial charge is 0.374 e. The lowest BCUT2D eigenvalue weighted by atomic mass is 10.2. The van der Waals surface area contributed by atoms with Gasteiger partial charge in [-0.15, -0.1) is 0 Å². The molecule has 0 aliphatic carbocycles. The van der Waals surface area contributed by atoms with Gasteiger partial charge in [-0.3, -0.25) is 0 Å². The summed E-state index contributed by atoms with van der Waals surface area (Å²) >= 11 is 0. The summed E-state index contributed by atoms with van der Waals surface area (Å²) < 4.78 is 11.2. The molecule has 1 aromatic rings. The monoisotopic (exact) mass is 263 g/mol. The quantitative estimate of drug-likeness (QED) is 0.369. The van der Waals surface area contributed by atoms with Crippen LogP contribution in [0.3, 0.4) is 0 Å². The Morgan fingerprint density at radius 3 is 2.79 bits per heavy atom. The van der Waals surface area contributed by atoms with Crippen LogP contribution in [0, 0.1) is 4.91 Å². The predicted molar refractivity (Wildman–Crippen MR) is 75.9 cm³/mol. The highest BCUT2D eigenvalue weighted by molar-refractivity contribution is 5.13. The maximum absolute atomic E-state index is 10.0. The van der Waals surface area contributed by atoms with Gasteiger partial charge in [0.15, 0.2) is 0 Å². The Morgan fingerprint density at radius 1 is 1.32 bits per heavy atom. The molecule has 19 heavy (non-hydrogen) atoms. The summed E-state index contributed by atoms with van der Waals surface area (Å²) in [4.78, 5) is 10.0. The number of nitrogens with zero attached hydrogens (tertiary/aromatic N) is 1. The van der Waals surface area contributed by atoms with Gasteiger partial charge in [-0.2, -0.15) is 4.91 Å². The summed E-state index contributed by atoms with van der Waals surface area (Å²) in [5.74, 6) is 0. The summed E-state index contributed by atoms with van der Waals surface area (Å²) in [6.07, 6.45) is 4.77. The second-order valence-electron chi connectivity index (χ2n) is 4.15. The molecular formula is C15H21NO3. The SMILES string of the molecule is CC=CC[C@H](COCc1ccccc1)OCCN=O. The number of hydrogen-bond acceptors (Lipinski definition) is 4. The van der Waals surface area contributed by atoms with Gasteiger partial charge in [0, 0.05) is 0 Å². The van der Waals surface area contributed by atoms with E-state index < -0.39 is 0 Å². The lowest BCUT2D eigenvalue weighted by Gasteiger charge is -2.15. The van der Waals surface area contributed by atoms with Crippen LogP contribution in [0.5, 0.6) is 0 Å². The minimum absolute atomic E-state index is 0.0262. The average molecular weight is 263 g/mol.